The van der Waals surface area contributed by atoms with Crippen molar-refractivity contribution in [2.75, 3.05) is 6.61 Å². The highest BCUT2D eigenvalue weighted by Crippen LogP contribution is 2.43. The molecule has 1 aromatic heterocycles. The lowest BCUT2D eigenvalue weighted by Crippen LogP contribution is -2.51. The Bertz CT molecular complexity index is 1130. The van der Waals surface area contributed by atoms with Gasteiger partial charge in [0.05, 0.1) is 23.7 Å². The summed E-state index contributed by atoms with van der Waals surface area (Å²) in [7, 11) is 0. The lowest BCUT2D eigenvalue weighted by atomic mass is 9.91. The van der Waals surface area contributed by atoms with Crippen molar-refractivity contribution < 1.29 is 9.53 Å². The van der Waals surface area contributed by atoms with Crippen LogP contribution in [0.15, 0.2) is 29.1 Å². The maximum Gasteiger partial charge on any atom is 0.362 e. The molecule has 0 saturated carbocycles. The largest absolute Gasteiger partial charge is 0.461 e. The first-order valence-corrected chi connectivity index (χ1v) is 12.3. The van der Waals surface area contributed by atoms with Gasteiger partial charge < -0.3 is 9.30 Å². The van der Waals surface area contributed by atoms with Gasteiger partial charge in [0.25, 0.3) is 5.56 Å². The summed E-state index contributed by atoms with van der Waals surface area (Å²) in [5, 5.41) is 0. The van der Waals surface area contributed by atoms with Gasteiger partial charge in [-0.3, -0.25) is 9.69 Å². The molecule has 0 amide bonds. The maximum absolute atomic E-state index is 13.5. The Kier molecular flexibility index (Phi) is 6.90. The Balaban J connectivity index is 1.72. The van der Waals surface area contributed by atoms with Gasteiger partial charge in [-0.25, -0.2) is 9.78 Å². The summed E-state index contributed by atoms with van der Waals surface area (Å²) >= 11 is 0. The van der Waals surface area contributed by atoms with Gasteiger partial charge in [-0.15, -0.1) is 0 Å². The van der Waals surface area contributed by atoms with Crippen molar-refractivity contribution in [3.05, 3.63) is 40.3 Å². The highest BCUT2D eigenvalue weighted by Gasteiger charge is 2.45. The molecule has 2 saturated heterocycles. The van der Waals surface area contributed by atoms with Crippen LogP contribution in [0.25, 0.3) is 11.0 Å². The Morgan fingerprint density at radius 2 is 1.76 bits per heavy atom. The number of para-hydroxylation sites is 2. The molecule has 1 aromatic carbocycles. The molecule has 0 N–H and O–H groups in total. The fraction of sp³-hybridized carbons (Fsp3) is 0.593. The van der Waals surface area contributed by atoms with Crippen LogP contribution in [0.3, 0.4) is 0 Å². The van der Waals surface area contributed by atoms with E-state index in [0.29, 0.717) is 29.4 Å². The van der Waals surface area contributed by atoms with Crippen LogP contribution in [-0.2, 0) is 4.74 Å². The average Bonchev–Trinajstić information content (AvgIpc) is 3.01. The topological polar surface area (TPSA) is 64.4 Å². The van der Waals surface area contributed by atoms with Crippen molar-refractivity contribution in [1.29, 1.82) is 0 Å². The highest BCUT2D eigenvalue weighted by molar-refractivity contribution is 5.89. The number of hydrogen-bond acceptors (Lipinski definition) is 5. The van der Waals surface area contributed by atoms with E-state index >= 15 is 0 Å². The summed E-state index contributed by atoms with van der Waals surface area (Å²) in [6, 6.07) is 8.60. The minimum Gasteiger partial charge on any atom is -0.461 e. The molecule has 2 aliphatic rings. The van der Waals surface area contributed by atoms with Crippen molar-refractivity contribution in [2.24, 2.45) is 11.8 Å². The summed E-state index contributed by atoms with van der Waals surface area (Å²) in [5.41, 5.74) is 0.976. The Hall–Kier alpha value is -2.65. The smallest absolute Gasteiger partial charge is 0.362 e. The van der Waals surface area contributed by atoms with E-state index in [-0.39, 0.29) is 29.9 Å². The molecule has 3 heterocycles. The number of aromatic nitrogens is 2. The molecular weight excluding hydrogens is 414 g/mol. The number of hydrogen-bond donors (Lipinski definition) is 0. The SMILES string of the molecule is CCOC(=O)c1nc2ccccc2n(C2CC3CCC(C2)N3C(C#CC(C)C)C(C)C)c1=O. The zero-order valence-corrected chi connectivity index (χ0v) is 20.4. The molecule has 176 valence electrons. The minimum absolute atomic E-state index is 0.0261. The third-order valence-electron chi connectivity index (χ3n) is 6.87. The van der Waals surface area contributed by atoms with Gasteiger partial charge in [0.1, 0.15) is 0 Å². The van der Waals surface area contributed by atoms with Gasteiger partial charge in [-0.1, -0.05) is 51.7 Å². The quantitative estimate of drug-likeness (QED) is 0.499. The molecule has 0 aliphatic carbocycles. The molecule has 0 radical (unpaired) electrons. The Labute approximate surface area is 196 Å². The van der Waals surface area contributed by atoms with E-state index < -0.39 is 5.97 Å². The number of benzene rings is 1. The van der Waals surface area contributed by atoms with Crippen LogP contribution >= 0.6 is 0 Å². The fourth-order valence-corrected chi connectivity index (χ4v) is 5.54. The monoisotopic (exact) mass is 449 g/mol. The normalized spacial score (nSPS) is 23.5. The first kappa shape index (κ1) is 23.5. The zero-order chi connectivity index (χ0) is 23.7. The maximum atomic E-state index is 13.5. The van der Waals surface area contributed by atoms with Gasteiger partial charge in [-0.05, 0) is 50.7 Å². The summed E-state index contributed by atoms with van der Waals surface area (Å²) in [6.07, 6.45) is 3.99. The van der Waals surface area contributed by atoms with E-state index in [4.69, 9.17) is 4.74 Å². The number of fused-ring (bicyclic) bond motifs is 3. The highest BCUT2D eigenvalue weighted by atomic mass is 16.5. The summed E-state index contributed by atoms with van der Waals surface area (Å²) < 4.78 is 6.96. The number of carbonyl (C=O) groups excluding carboxylic acids is 1. The second-order valence-corrected chi connectivity index (χ2v) is 9.93. The average molecular weight is 450 g/mol. The van der Waals surface area contributed by atoms with Crippen LogP contribution in [0.1, 0.15) is 76.8 Å². The van der Waals surface area contributed by atoms with Crippen LogP contribution in [0, 0.1) is 23.7 Å². The Morgan fingerprint density at radius 1 is 1.09 bits per heavy atom. The predicted molar refractivity (Wildman–Crippen MR) is 130 cm³/mol. The van der Waals surface area contributed by atoms with Crippen LogP contribution in [0.2, 0.25) is 0 Å². The molecule has 2 aliphatic heterocycles. The first-order chi connectivity index (χ1) is 15.8. The molecule has 6 heteroatoms. The molecule has 3 unspecified atom stereocenters. The van der Waals surface area contributed by atoms with E-state index in [1.807, 2.05) is 28.8 Å². The molecule has 3 atom stereocenters. The van der Waals surface area contributed by atoms with Gasteiger partial charge in [-0.2, -0.15) is 0 Å². The van der Waals surface area contributed by atoms with Crippen LogP contribution < -0.4 is 5.56 Å². The summed E-state index contributed by atoms with van der Waals surface area (Å²) in [6.45, 7) is 10.7. The Morgan fingerprint density at radius 3 is 2.36 bits per heavy atom. The molecule has 2 aromatic rings. The number of carbonyl (C=O) groups is 1. The second kappa shape index (κ2) is 9.69. The van der Waals surface area contributed by atoms with E-state index in [2.05, 4.69) is 49.4 Å². The molecular formula is C27H35N3O3. The number of piperidine rings is 1. The lowest BCUT2D eigenvalue weighted by molar-refractivity contribution is 0.0513. The standard InChI is InChI=1S/C27H35N3O3/c1-6-33-27(32)25-26(31)30(24-10-8-7-9-22(24)28-25)21-15-19-12-13-20(16-21)29(19)23(18(4)5)14-11-17(2)3/h7-10,17-21,23H,6,12-13,15-16H2,1-5H3. The van der Waals surface area contributed by atoms with Gasteiger partial charge >= 0.3 is 5.97 Å². The van der Waals surface area contributed by atoms with Crippen molar-refractivity contribution in [1.82, 2.24) is 14.5 Å². The molecule has 2 fully saturated rings. The van der Waals surface area contributed by atoms with Gasteiger partial charge in [0.15, 0.2) is 0 Å². The van der Waals surface area contributed by atoms with Crippen LogP contribution in [-0.4, -0.2) is 45.2 Å². The van der Waals surface area contributed by atoms with E-state index in [9.17, 15) is 9.59 Å². The van der Waals surface area contributed by atoms with Crippen molar-refractivity contribution in [3.8, 4) is 11.8 Å². The molecule has 2 bridgehead atoms. The zero-order valence-electron chi connectivity index (χ0n) is 20.4. The summed E-state index contributed by atoms with van der Waals surface area (Å²) in [4.78, 5) is 33.0. The van der Waals surface area contributed by atoms with Crippen LogP contribution in [0.4, 0.5) is 0 Å². The van der Waals surface area contributed by atoms with Crippen molar-refractivity contribution >= 4 is 17.0 Å². The third-order valence-corrected chi connectivity index (χ3v) is 6.87. The lowest BCUT2D eigenvalue weighted by Gasteiger charge is -2.44. The third kappa shape index (κ3) is 4.56. The second-order valence-electron chi connectivity index (χ2n) is 9.93. The van der Waals surface area contributed by atoms with Crippen LogP contribution in [0.5, 0.6) is 0 Å². The number of nitrogens with zero attached hydrogens (tertiary/aromatic N) is 3. The van der Waals surface area contributed by atoms with E-state index in [1.165, 1.54) is 0 Å². The number of ether oxygens (including phenoxy) is 1. The predicted octanol–water partition coefficient (Wildman–Crippen LogP) is 4.43. The van der Waals surface area contributed by atoms with Gasteiger partial charge in [0, 0.05) is 24.0 Å². The molecule has 4 rings (SSSR count). The number of esters is 1. The summed E-state index contributed by atoms with van der Waals surface area (Å²) in [5.74, 6) is 7.10. The molecule has 33 heavy (non-hydrogen) atoms. The van der Waals surface area contributed by atoms with Gasteiger partial charge in [0.2, 0.25) is 5.69 Å². The van der Waals surface area contributed by atoms with E-state index in [1.54, 1.807) is 6.92 Å². The number of rotatable bonds is 5. The van der Waals surface area contributed by atoms with Crippen molar-refractivity contribution in [2.45, 2.75) is 84.5 Å². The van der Waals surface area contributed by atoms with Crippen molar-refractivity contribution in [3.63, 3.8) is 0 Å². The van der Waals surface area contributed by atoms with E-state index in [0.717, 1.165) is 31.2 Å². The molecule has 0 spiro atoms. The molecule has 6 nitrogen and oxygen atoms in total. The fourth-order valence-electron chi connectivity index (χ4n) is 5.54. The minimum atomic E-state index is -0.647. The first-order valence-electron chi connectivity index (χ1n) is 12.3.